The van der Waals surface area contributed by atoms with Gasteiger partial charge in [-0.15, -0.1) is 0 Å². The van der Waals surface area contributed by atoms with Crippen molar-refractivity contribution in [3.05, 3.63) is 18.5 Å². The number of rotatable bonds is 3. The van der Waals surface area contributed by atoms with Crippen molar-refractivity contribution in [1.29, 1.82) is 0 Å². The van der Waals surface area contributed by atoms with Gasteiger partial charge in [0.25, 0.3) is 0 Å². The van der Waals surface area contributed by atoms with Crippen LogP contribution in [0.1, 0.15) is 6.92 Å². The average molecular weight is 165 g/mol. The Bertz CT molecular complexity index is 245. The number of anilines is 2. The van der Waals surface area contributed by atoms with Gasteiger partial charge in [-0.2, -0.15) is 0 Å². The average Bonchev–Trinajstić information content (AvgIpc) is 2.05. The molecule has 1 rings (SSSR count). The van der Waals surface area contributed by atoms with E-state index in [1.54, 1.807) is 6.20 Å². The predicted octanol–water partition coefficient (Wildman–Crippen LogP) is 1.58. The molecule has 0 unspecified atom stereocenters. The summed E-state index contributed by atoms with van der Waals surface area (Å²) in [5.41, 5.74) is 2.26. The van der Waals surface area contributed by atoms with Gasteiger partial charge < -0.3 is 10.2 Å². The highest BCUT2D eigenvalue weighted by molar-refractivity contribution is 5.67. The van der Waals surface area contributed by atoms with Crippen molar-refractivity contribution in [3.63, 3.8) is 0 Å². The molecule has 0 fully saturated rings. The van der Waals surface area contributed by atoms with Crippen molar-refractivity contribution < 1.29 is 0 Å². The first-order valence-electron chi connectivity index (χ1n) is 4.11. The molecule has 0 aliphatic heterocycles. The zero-order chi connectivity index (χ0) is 8.97. The lowest BCUT2D eigenvalue weighted by Crippen LogP contribution is -2.12. The first-order chi connectivity index (χ1) is 5.75. The molecular weight excluding hydrogens is 150 g/mol. The lowest BCUT2D eigenvalue weighted by Gasteiger charge is -2.16. The number of hydrogen-bond donors (Lipinski definition) is 1. The van der Waals surface area contributed by atoms with Crippen LogP contribution in [0.15, 0.2) is 18.5 Å². The van der Waals surface area contributed by atoms with Gasteiger partial charge in [0, 0.05) is 26.8 Å². The predicted molar refractivity (Wildman–Crippen MR) is 52.7 cm³/mol. The van der Waals surface area contributed by atoms with E-state index >= 15 is 0 Å². The van der Waals surface area contributed by atoms with Crippen molar-refractivity contribution in [2.75, 3.05) is 30.9 Å². The van der Waals surface area contributed by atoms with Crippen LogP contribution in [-0.4, -0.2) is 25.6 Å². The Labute approximate surface area is 73.4 Å². The van der Waals surface area contributed by atoms with E-state index in [4.69, 9.17) is 0 Å². The minimum Gasteiger partial charge on any atom is -0.382 e. The van der Waals surface area contributed by atoms with Gasteiger partial charge in [-0.3, -0.25) is 4.98 Å². The SMILES string of the molecule is CCNc1cnccc1N(C)C. The van der Waals surface area contributed by atoms with E-state index in [9.17, 15) is 0 Å². The van der Waals surface area contributed by atoms with Crippen LogP contribution in [0.25, 0.3) is 0 Å². The minimum absolute atomic E-state index is 0.923. The minimum atomic E-state index is 0.923. The maximum Gasteiger partial charge on any atom is 0.0764 e. The van der Waals surface area contributed by atoms with E-state index in [0.29, 0.717) is 0 Å². The molecule has 0 radical (unpaired) electrons. The zero-order valence-electron chi connectivity index (χ0n) is 7.83. The number of aromatic nitrogens is 1. The molecule has 3 heteroatoms. The number of pyridine rings is 1. The molecule has 1 aromatic rings. The molecule has 1 heterocycles. The molecular formula is C9H15N3. The van der Waals surface area contributed by atoms with Crippen molar-refractivity contribution in [2.45, 2.75) is 6.92 Å². The fourth-order valence-electron chi connectivity index (χ4n) is 1.10. The lowest BCUT2D eigenvalue weighted by molar-refractivity contribution is 1.10. The smallest absolute Gasteiger partial charge is 0.0764 e. The zero-order valence-corrected chi connectivity index (χ0v) is 7.83. The Morgan fingerprint density at radius 1 is 1.50 bits per heavy atom. The van der Waals surface area contributed by atoms with Gasteiger partial charge in [0.1, 0.15) is 0 Å². The summed E-state index contributed by atoms with van der Waals surface area (Å²) in [6, 6.07) is 2.00. The molecule has 0 aromatic carbocycles. The highest BCUT2D eigenvalue weighted by Crippen LogP contribution is 2.21. The van der Waals surface area contributed by atoms with Gasteiger partial charge >= 0.3 is 0 Å². The summed E-state index contributed by atoms with van der Waals surface area (Å²) in [6.45, 7) is 3.00. The van der Waals surface area contributed by atoms with Crippen LogP contribution in [0.5, 0.6) is 0 Å². The molecule has 0 saturated heterocycles. The maximum absolute atomic E-state index is 4.06. The number of nitrogens with zero attached hydrogens (tertiary/aromatic N) is 2. The van der Waals surface area contributed by atoms with Gasteiger partial charge in [-0.25, -0.2) is 0 Å². The van der Waals surface area contributed by atoms with Crippen LogP contribution in [0.2, 0.25) is 0 Å². The van der Waals surface area contributed by atoms with Crippen LogP contribution >= 0.6 is 0 Å². The second-order valence-corrected chi connectivity index (χ2v) is 2.82. The van der Waals surface area contributed by atoms with Crippen molar-refractivity contribution in [2.24, 2.45) is 0 Å². The third-order valence-electron chi connectivity index (χ3n) is 1.65. The van der Waals surface area contributed by atoms with E-state index in [-0.39, 0.29) is 0 Å². The molecule has 66 valence electrons. The fraction of sp³-hybridized carbons (Fsp3) is 0.444. The molecule has 0 amide bonds. The van der Waals surface area contributed by atoms with Crippen molar-refractivity contribution in [1.82, 2.24) is 4.98 Å². The number of hydrogen-bond acceptors (Lipinski definition) is 3. The quantitative estimate of drug-likeness (QED) is 0.737. The topological polar surface area (TPSA) is 28.2 Å². The first-order valence-corrected chi connectivity index (χ1v) is 4.11. The van der Waals surface area contributed by atoms with Gasteiger partial charge in [0.05, 0.1) is 17.6 Å². The summed E-state index contributed by atoms with van der Waals surface area (Å²) < 4.78 is 0. The summed E-state index contributed by atoms with van der Waals surface area (Å²) in [5.74, 6) is 0. The Morgan fingerprint density at radius 2 is 2.25 bits per heavy atom. The molecule has 1 N–H and O–H groups in total. The normalized spacial score (nSPS) is 9.58. The summed E-state index contributed by atoms with van der Waals surface area (Å²) in [5, 5.41) is 3.25. The second kappa shape index (κ2) is 3.95. The molecule has 0 saturated carbocycles. The third kappa shape index (κ3) is 1.87. The molecule has 0 aliphatic carbocycles. The van der Waals surface area contributed by atoms with Crippen molar-refractivity contribution >= 4 is 11.4 Å². The Kier molecular flexibility index (Phi) is 2.91. The summed E-state index contributed by atoms with van der Waals surface area (Å²) in [7, 11) is 4.05. The summed E-state index contributed by atoms with van der Waals surface area (Å²) >= 11 is 0. The van der Waals surface area contributed by atoms with Gasteiger partial charge in [0.15, 0.2) is 0 Å². The highest BCUT2D eigenvalue weighted by atomic mass is 15.1. The van der Waals surface area contributed by atoms with Crippen LogP contribution in [0, 0.1) is 0 Å². The van der Waals surface area contributed by atoms with E-state index < -0.39 is 0 Å². The molecule has 3 nitrogen and oxygen atoms in total. The molecule has 12 heavy (non-hydrogen) atoms. The van der Waals surface area contributed by atoms with E-state index in [1.165, 1.54) is 5.69 Å². The summed E-state index contributed by atoms with van der Waals surface area (Å²) in [4.78, 5) is 6.13. The molecule has 0 aliphatic rings. The lowest BCUT2D eigenvalue weighted by atomic mass is 10.3. The standard InChI is InChI=1S/C9H15N3/c1-4-11-8-7-10-6-5-9(8)12(2)3/h5-7,11H,4H2,1-3H3. The molecule has 1 aromatic heterocycles. The van der Waals surface area contributed by atoms with Crippen molar-refractivity contribution in [3.8, 4) is 0 Å². The molecule has 0 atom stereocenters. The Hall–Kier alpha value is -1.25. The van der Waals surface area contributed by atoms with Gasteiger partial charge in [-0.1, -0.05) is 0 Å². The van der Waals surface area contributed by atoms with Crippen LogP contribution in [0.4, 0.5) is 11.4 Å². The molecule has 0 spiro atoms. The van der Waals surface area contributed by atoms with E-state index in [2.05, 4.69) is 22.1 Å². The maximum atomic E-state index is 4.06. The largest absolute Gasteiger partial charge is 0.382 e. The first kappa shape index (κ1) is 8.84. The monoisotopic (exact) mass is 165 g/mol. The summed E-state index contributed by atoms with van der Waals surface area (Å²) in [6.07, 6.45) is 3.65. The van der Waals surface area contributed by atoms with Crippen LogP contribution < -0.4 is 10.2 Å². The van der Waals surface area contributed by atoms with Gasteiger partial charge in [-0.05, 0) is 13.0 Å². The Balaban J connectivity index is 2.92. The van der Waals surface area contributed by atoms with E-state index in [1.807, 2.05) is 26.4 Å². The van der Waals surface area contributed by atoms with Crippen LogP contribution in [-0.2, 0) is 0 Å². The van der Waals surface area contributed by atoms with E-state index in [0.717, 1.165) is 12.2 Å². The fourth-order valence-corrected chi connectivity index (χ4v) is 1.10. The number of nitrogens with one attached hydrogen (secondary N) is 1. The molecule has 0 bridgehead atoms. The third-order valence-corrected chi connectivity index (χ3v) is 1.65. The highest BCUT2D eigenvalue weighted by Gasteiger charge is 2.01. The Morgan fingerprint density at radius 3 is 2.83 bits per heavy atom. The van der Waals surface area contributed by atoms with Crippen LogP contribution in [0.3, 0.4) is 0 Å². The second-order valence-electron chi connectivity index (χ2n) is 2.82. The van der Waals surface area contributed by atoms with Gasteiger partial charge in [0.2, 0.25) is 0 Å².